The molecule has 0 aliphatic carbocycles. The van der Waals surface area contributed by atoms with Crippen molar-refractivity contribution >= 4 is 20.9 Å². The second kappa shape index (κ2) is 4.73. The van der Waals surface area contributed by atoms with E-state index in [0.717, 1.165) is 10.8 Å². The van der Waals surface area contributed by atoms with Gasteiger partial charge in [-0.25, -0.2) is 0 Å². The Morgan fingerprint density at radius 3 is 2.71 bits per heavy atom. The Balaban J connectivity index is 2.09. The third-order valence-electron chi connectivity index (χ3n) is 2.23. The zero-order valence-electron chi connectivity index (χ0n) is 8.96. The number of hydrogen-bond donors (Lipinski definition) is 1. The average Bonchev–Trinajstić information content (AvgIpc) is 2.27. The molecule has 2 rings (SSSR count). The summed E-state index contributed by atoms with van der Waals surface area (Å²) in [4.78, 5) is 0. The zero-order chi connectivity index (χ0) is 12.3. The molecule has 5 heteroatoms. The summed E-state index contributed by atoms with van der Waals surface area (Å²) in [7, 11) is -3.98. The molecular formula is C12H11O4S. The molecule has 0 bridgehead atoms. The maximum absolute atomic E-state index is 10.5. The molecule has 0 unspecified atom stereocenters. The maximum atomic E-state index is 10.5. The highest BCUT2D eigenvalue weighted by molar-refractivity contribution is 7.85. The molecule has 4 nitrogen and oxygen atoms in total. The minimum atomic E-state index is -3.98. The van der Waals surface area contributed by atoms with Crippen molar-refractivity contribution in [2.24, 2.45) is 0 Å². The highest BCUT2D eigenvalue weighted by Crippen LogP contribution is 2.19. The molecule has 2 aromatic rings. The smallest absolute Gasteiger partial charge is 0.268 e. The van der Waals surface area contributed by atoms with Crippen LogP contribution < -0.4 is 4.74 Å². The molecule has 0 aliphatic rings. The highest BCUT2D eigenvalue weighted by Gasteiger charge is 2.05. The summed E-state index contributed by atoms with van der Waals surface area (Å²) in [5, 5.41) is 1.94. The largest absolute Gasteiger partial charge is 0.492 e. The van der Waals surface area contributed by atoms with E-state index < -0.39 is 15.9 Å². The van der Waals surface area contributed by atoms with Crippen molar-refractivity contribution in [3.63, 3.8) is 0 Å². The van der Waals surface area contributed by atoms with Gasteiger partial charge in [0.1, 0.15) is 18.1 Å². The van der Waals surface area contributed by atoms with Gasteiger partial charge in [-0.15, -0.1) is 0 Å². The minimum absolute atomic E-state index is 0.0896. The molecule has 0 fully saturated rings. The van der Waals surface area contributed by atoms with Crippen LogP contribution in [0.25, 0.3) is 10.8 Å². The van der Waals surface area contributed by atoms with Gasteiger partial charge in [0.25, 0.3) is 10.1 Å². The summed E-state index contributed by atoms with van der Waals surface area (Å²) in [6.45, 7) is -0.0896. The first-order valence-corrected chi connectivity index (χ1v) is 6.64. The van der Waals surface area contributed by atoms with E-state index in [9.17, 15) is 8.42 Å². The van der Waals surface area contributed by atoms with Gasteiger partial charge in [0, 0.05) is 6.07 Å². The molecule has 0 amide bonds. The zero-order valence-corrected chi connectivity index (χ0v) is 9.78. The van der Waals surface area contributed by atoms with E-state index in [0.29, 0.717) is 5.75 Å². The number of rotatable bonds is 4. The molecule has 0 saturated carbocycles. The first-order valence-electron chi connectivity index (χ1n) is 5.04. The van der Waals surface area contributed by atoms with Crippen molar-refractivity contribution < 1.29 is 17.7 Å². The van der Waals surface area contributed by atoms with Crippen LogP contribution in [0.5, 0.6) is 5.75 Å². The van der Waals surface area contributed by atoms with Crippen molar-refractivity contribution in [1.29, 1.82) is 0 Å². The lowest BCUT2D eigenvalue weighted by atomic mass is 10.1. The second-order valence-electron chi connectivity index (χ2n) is 3.54. The van der Waals surface area contributed by atoms with E-state index >= 15 is 0 Å². The first-order chi connectivity index (χ1) is 8.04. The number of fused-ring (bicyclic) bond motifs is 1. The summed E-state index contributed by atoms with van der Waals surface area (Å²) in [6, 6.07) is 14.3. The van der Waals surface area contributed by atoms with Crippen LogP contribution >= 0.6 is 0 Å². The molecule has 0 saturated heterocycles. The first kappa shape index (κ1) is 11.9. The van der Waals surface area contributed by atoms with E-state index in [1.54, 1.807) is 6.07 Å². The van der Waals surface area contributed by atoms with E-state index in [2.05, 4.69) is 6.07 Å². The van der Waals surface area contributed by atoms with Crippen LogP contribution in [-0.2, 0) is 10.1 Å². The lowest BCUT2D eigenvalue weighted by Gasteiger charge is -2.05. The van der Waals surface area contributed by atoms with E-state index in [-0.39, 0.29) is 6.61 Å². The fraction of sp³-hybridized carbons (Fsp3) is 0.167. The lowest BCUT2D eigenvalue weighted by Crippen LogP contribution is -2.12. The molecule has 0 heterocycles. The van der Waals surface area contributed by atoms with E-state index in [1.165, 1.54) is 0 Å². The fourth-order valence-electron chi connectivity index (χ4n) is 1.44. The van der Waals surface area contributed by atoms with Gasteiger partial charge < -0.3 is 4.74 Å². The number of benzene rings is 2. The van der Waals surface area contributed by atoms with Crippen molar-refractivity contribution in [2.75, 3.05) is 12.4 Å². The van der Waals surface area contributed by atoms with Gasteiger partial charge in [-0.1, -0.05) is 30.3 Å². The fourth-order valence-corrected chi connectivity index (χ4v) is 1.73. The normalized spacial score (nSPS) is 11.6. The number of hydrogen-bond acceptors (Lipinski definition) is 3. The van der Waals surface area contributed by atoms with Crippen LogP contribution in [0.15, 0.2) is 36.4 Å². The van der Waals surface area contributed by atoms with Gasteiger partial charge in [-0.2, -0.15) is 8.42 Å². The molecule has 0 atom stereocenters. The molecule has 1 N–H and O–H groups in total. The van der Waals surface area contributed by atoms with E-state index in [1.807, 2.05) is 30.3 Å². The van der Waals surface area contributed by atoms with Gasteiger partial charge in [-0.05, 0) is 16.8 Å². The molecular weight excluding hydrogens is 240 g/mol. The van der Waals surface area contributed by atoms with Crippen molar-refractivity contribution in [2.45, 2.75) is 0 Å². The monoisotopic (exact) mass is 251 g/mol. The molecule has 1 radical (unpaired) electrons. The minimum Gasteiger partial charge on any atom is -0.492 e. The lowest BCUT2D eigenvalue weighted by molar-refractivity contribution is 0.335. The molecule has 17 heavy (non-hydrogen) atoms. The Morgan fingerprint density at radius 2 is 1.94 bits per heavy atom. The molecule has 0 spiro atoms. The molecule has 0 aromatic heterocycles. The standard InChI is InChI=1S/C12H11O4S/c13-17(14,15)8-7-16-12-6-5-10-3-1-2-4-11(10)9-12/h1-6H,7-8H2,(H,13,14,15). The van der Waals surface area contributed by atoms with Crippen LogP contribution in [0.2, 0.25) is 0 Å². The molecule has 0 aliphatic heterocycles. The van der Waals surface area contributed by atoms with Crippen LogP contribution in [0.1, 0.15) is 0 Å². The highest BCUT2D eigenvalue weighted by atomic mass is 32.2. The Bertz CT molecular complexity index is 619. The summed E-state index contributed by atoms with van der Waals surface area (Å²) < 4.78 is 34.7. The summed E-state index contributed by atoms with van der Waals surface area (Å²) in [5.74, 6) is 0.0422. The quantitative estimate of drug-likeness (QED) is 0.843. The Hall–Kier alpha value is -1.59. The predicted molar refractivity (Wildman–Crippen MR) is 64.7 cm³/mol. The Morgan fingerprint density at radius 1 is 1.18 bits per heavy atom. The number of ether oxygens (including phenoxy) is 1. The third-order valence-corrected chi connectivity index (χ3v) is 2.91. The van der Waals surface area contributed by atoms with Crippen molar-refractivity contribution in [3.8, 4) is 5.75 Å². The predicted octanol–water partition coefficient (Wildman–Crippen LogP) is 1.91. The summed E-state index contributed by atoms with van der Waals surface area (Å²) in [6.07, 6.45) is 0. The van der Waals surface area contributed by atoms with Gasteiger partial charge in [0.15, 0.2) is 0 Å². The molecule has 89 valence electrons. The van der Waals surface area contributed by atoms with Crippen LogP contribution in [0, 0.1) is 6.07 Å². The van der Waals surface area contributed by atoms with Gasteiger partial charge in [0.05, 0.1) is 0 Å². The summed E-state index contributed by atoms with van der Waals surface area (Å²) >= 11 is 0. The SMILES string of the molecule is O=S(=O)(O)CCOc1[c]c2ccccc2cc1. The third kappa shape index (κ3) is 3.44. The van der Waals surface area contributed by atoms with Crippen molar-refractivity contribution in [1.82, 2.24) is 0 Å². The second-order valence-corrected chi connectivity index (χ2v) is 5.12. The van der Waals surface area contributed by atoms with Crippen molar-refractivity contribution in [3.05, 3.63) is 42.5 Å². The topological polar surface area (TPSA) is 63.6 Å². The maximum Gasteiger partial charge on any atom is 0.268 e. The van der Waals surface area contributed by atoms with Crippen LogP contribution in [0.3, 0.4) is 0 Å². The van der Waals surface area contributed by atoms with Gasteiger partial charge >= 0.3 is 0 Å². The average molecular weight is 251 g/mol. The Kier molecular flexibility index (Phi) is 3.31. The summed E-state index contributed by atoms with van der Waals surface area (Å²) in [5.41, 5.74) is 0. The van der Waals surface area contributed by atoms with E-state index in [4.69, 9.17) is 9.29 Å². The molecule has 2 aromatic carbocycles. The van der Waals surface area contributed by atoms with Crippen LogP contribution in [0.4, 0.5) is 0 Å². The van der Waals surface area contributed by atoms with Crippen LogP contribution in [-0.4, -0.2) is 25.3 Å². The Labute approximate surface area is 99.6 Å². The van der Waals surface area contributed by atoms with Gasteiger partial charge in [0.2, 0.25) is 0 Å². The van der Waals surface area contributed by atoms with Gasteiger partial charge in [-0.3, -0.25) is 4.55 Å².